The van der Waals surface area contributed by atoms with Crippen LogP contribution in [0.3, 0.4) is 0 Å². The quantitative estimate of drug-likeness (QED) is 0.224. The highest BCUT2D eigenvalue weighted by Crippen LogP contribution is 2.44. The molecule has 1 aliphatic carbocycles. The third-order valence-corrected chi connectivity index (χ3v) is 7.42. The lowest BCUT2D eigenvalue weighted by atomic mass is 9.79. The van der Waals surface area contributed by atoms with Gasteiger partial charge in [0.1, 0.15) is 11.5 Å². The molecule has 0 aliphatic heterocycles. The molecule has 0 unspecified atom stereocenters. The molecule has 0 fully saturated rings. The van der Waals surface area contributed by atoms with Gasteiger partial charge in [-0.15, -0.1) is 0 Å². The summed E-state index contributed by atoms with van der Waals surface area (Å²) in [4.78, 5) is 39.2. The minimum absolute atomic E-state index is 0.114. The van der Waals surface area contributed by atoms with Crippen LogP contribution in [-0.4, -0.2) is 38.6 Å². The Balaban J connectivity index is 1.67. The van der Waals surface area contributed by atoms with Crippen LogP contribution in [0.4, 0.5) is 5.69 Å². The number of nitrogens with zero attached hydrogens (tertiary/aromatic N) is 1. The van der Waals surface area contributed by atoms with E-state index in [1.807, 2.05) is 58.0 Å². The maximum absolute atomic E-state index is 13.8. The van der Waals surface area contributed by atoms with Crippen molar-refractivity contribution in [3.05, 3.63) is 76.9 Å². The summed E-state index contributed by atoms with van der Waals surface area (Å²) in [7, 11) is 3.18. The molecular weight excluding hydrogens is 534 g/mol. The second-order valence-corrected chi connectivity index (χ2v) is 11.4. The van der Waals surface area contributed by atoms with Gasteiger partial charge in [0.15, 0.2) is 11.5 Å². The van der Waals surface area contributed by atoms with E-state index in [4.69, 9.17) is 18.9 Å². The van der Waals surface area contributed by atoms with E-state index in [1.165, 1.54) is 12.5 Å². The van der Waals surface area contributed by atoms with Gasteiger partial charge in [-0.25, -0.2) is 0 Å². The van der Waals surface area contributed by atoms with Gasteiger partial charge >= 0.3 is 11.9 Å². The molecule has 8 heteroatoms. The average Bonchev–Trinajstić information content (AvgIpc) is 2.96. The van der Waals surface area contributed by atoms with Gasteiger partial charge in [-0.2, -0.15) is 0 Å². The fourth-order valence-corrected chi connectivity index (χ4v) is 5.18. The lowest BCUT2D eigenvalue weighted by Crippen LogP contribution is -2.32. The van der Waals surface area contributed by atoms with Crippen molar-refractivity contribution >= 4 is 23.5 Å². The third-order valence-electron chi connectivity index (χ3n) is 7.42. The van der Waals surface area contributed by atoms with Crippen molar-refractivity contribution < 1.29 is 33.3 Å². The summed E-state index contributed by atoms with van der Waals surface area (Å²) in [5.74, 6) is 1.32. The third kappa shape index (κ3) is 6.75. The minimum Gasteiger partial charge on any atom is -0.493 e. The van der Waals surface area contributed by atoms with Gasteiger partial charge in [-0.1, -0.05) is 6.07 Å². The van der Waals surface area contributed by atoms with Crippen molar-refractivity contribution in [1.82, 2.24) is 0 Å². The number of esters is 2. The SMILES string of the molecule is CCN(C(=O)c1ccc(OC(C)=O)cc1)c1cc(OC)c(OC)cc1[C@@H]1CCc2cc(OC(=O)C(C)(C)C)ccc2C1. The van der Waals surface area contributed by atoms with E-state index >= 15 is 0 Å². The first-order chi connectivity index (χ1) is 19.9. The summed E-state index contributed by atoms with van der Waals surface area (Å²) in [5.41, 5.74) is 3.97. The molecule has 0 bridgehead atoms. The predicted octanol–water partition coefficient (Wildman–Crippen LogP) is 6.52. The van der Waals surface area contributed by atoms with Gasteiger partial charge in [0.2, 0.25) is 0 Å². The minimum atomic E-state index is -0.586. The van der Waals surface area contributed by atoms with Gasteiger partial charge in [0.05, 0.1) is 25.3 Å². The van der Waals surface area contributed by atoms with Crippen LogP contribution in [0.2, 0.25) is 0 Å². The van der Waals surface area contributed by atoms with Crippen LogP contribution < -0.4 is 23.8 Å². The Morgan fingerprint density at radius 2 is 1.50 bits per heavy atom. The number of hydrogen-bond acceptors (Lipinski definition) is 7. The van der Waals surface area contributed by atoms with Gasteiger partial charge < -0.3 is 23.8 Å². The zero-order valence-corrected chi connectivity index (χ0v) is 25.4. The number of ether oxygens (including phenoxy) is 4. The zero-order valence-electron chi connectivity index (χ0n) is 25.4. The highest BCUT2D eigenvalue weighted by atomic mass is 16.5. The van der Waals surface area contributed by atoms with E-state index in [0.29, 0.717) is 35.1 Å². The second-order valence-electron chi connectivity index (χ2n) is 11.4. The monoisotopic (exact) mass is 573 g/mol. The van der Waals surface area contributed by atoms with E-state index in [2.05, 4.69) is 0 Å². The highest BCUT2D eigenvalue weighted by Gasteiger charge is 2.29. The van der Waals surface area contributed by atoms with Crippen LogP contribution in [0.15, 0.2) is 54.6 Å². The molecule has 3 aromatic carbocycles. The molecular formula is C34H39NO7. The number of methoxy groups -OCH3 is 2. The van der Waals surface area contributed by atoms with E-state index < -0.39 is 11.4 Å². The van der Waals surface area contributed by atoms with Crippen LogP contribution in [0.25, 0.3) is 0 Å². The molecule has 3 aromatic rings. The molecule has 0 aromatic heterocycles. The van der Waals surface area contributed by atoms with E-state index in [9.17, 15) is 14.4 Å². The largest absolute Gasteiger partial charge is 0.493 e. The Morgan fingerprint density at radius 1 is 0.857 bits per heavy atom. The van der Waals surface area contributed by atoms with Crippen molar-refractivity contribution in [2.24, 2.45) is 5.41 Å². The Hall–Kier alpha value is -4.33. The molecule has 42 heavy (non-hydrogen) atoms. The van der Waals surface area contributed by atoms with Gasteiger partial charge in [0, 0.05) is 25.1 Å². The fraction of sp³-hybridized carbons (Fsp3) is 0.382. The molecule has 8 nitrogen and oxygen atoms in total. The smallest absolute Gasteiger partial charge is 0.316 e. The normalized spacial score (nSPS) is 14.4. The molecule has 4 rings (SSSR count). The molecule has 0 saturated carbocycles. The number of benzene rings is 3. The lowest BCUT2D eigenvalue weighted by molar-refractivity contribution is -0.143. The first-order valence-corrected chi connectivity index (χ1v) is 14.2. The van der Waals surface area contributed by atoms with Gasteiger partial charge in [0.25, 0.3) is 5.91 Å². The Bertz CT molecular complexity index is 1470. The van der Waals surface area contributed by atoms with E-state index in [-0.39, 0.29) is 17.8 Å². The lowest BCUT2D eigenvalue weighted by Gasteiger charge is -2.31. The summed E-state index contributed by atoms with van der Waals surface area (Å²) in [6.07, 6.45) is 2.40. The Labute approximate surface area is 247 Å². The molecule has 0 heterocycles. The van der Waals surface area contributed by atoms with Gasteiger partial charge in [-0.05, 0) is 112 Å². The van der Waals surface area contributed by atoms with Crippen molar-refractivity contribution in [2.75, 3.05) is 25.7 Å². The second kappa shape index (κ2) is 12.7. The first kappa shape index (κ1) is 30.6. The number of hydrogen-bond donors (Lipinski definition) is 0. The molecule has 0 saturated heterocycles. The topological polar surface area (TPSA) is 91.4 Å². The summed E-state index contributed by atoms with van der Waals surface area (Å²) in [5, 5.41) is 0. The maximum atomic E-state index is 13.8. The number of aryl methyl sites for hydroxylation is 1. The van der Waals surface area contributed by atoms with E-state index in [1.54, 1.807) is 43.4 Å². The Kier molecular flexibility index (Phi) is 9.24. The molecule has 0 N–H and O–H groups in total. The number of amides is 1. The fourth-order valence-electron chi connectivity index (χ4n) is 5.18. The van der Waals surface area contributed by atoms with Crippen molar-refractivity contribution in [2.45, 2.75) is 59.8 Å². The zero-order chi connectivity index (χ0) is 30.6. The highest BCUT2D eigenvalue weighted by molar-refractivity contribution is 6.06. The van der Waals surface area contributed by atoms with Gasteiger partial charge in [-0.3, -0.25) is 14.4 Å². The Morgan fingerprint density at radius 3 is 2.10 bits per heavy atom. The number of rotatable bonds is 8. The number of anilines is 1. The summed E-state index contributed by atoms with van der Waals surface area (Å²) >= 11 is 0. The predicted molar refractivity (Wildman–Crippen MR) is 161 cm³/mol. The van der Waals surface area contributed by atoms with Crippen LogP contribution in [0, 0.1) is 5.41 Å². The standard InChI is InChI=1S/C34H39NO7/c1-8-35(32(37)22-11-14-26(15-12-22)41-21(2)36)29-20-31(40-7)30(39-6)19-28(29)25-10-9-24-18-27(16-13-23(24)17-25)42-33(38)34(3,4)5/h11-16,18-20,25H,8-10,17H2,1-7H3/t25-/m1/s1. The molecule has 1 atom stereocenters. The first-order valence-electron chi connectivity index (χ1n) is 14.2. The van der Waals surface area contributed by atoms with Crippen LogP contribution >= 0.6 is 0 Å². The molecule has 1 amide bonds. The van der Waals surface area contributed by atoms with E-state index in [0.717, 1.165) is 36.1 Å². The maximum Gasteiger partial charge on any atom is 0.316 e. The van der Waals surface area contributed by atoms with Crippen LogP contribution in [0.1, 0.15) is 74.0 Å². The average molecular weight is 574 g/mol. The summed E-state index contributed by atoms with van der Waals surface area (Å²) in [6, 6.07) is 16.2. The number of carbonyl (C=O) groups excluding carboxylic acids is 3. The molecule has 0 radical (unpaired) electrons. The van der Waals surface area contributed by atoms with Crippen molar-refractivity contribution in [3.8, 4) is 23.0 Å². The molecule has 0 spiro atoms. The number of carbonyl (C=O) groups is 3. The van der Waals surface area contributed by atoms with Crippen molar-refractivity contribution in [3.63, 3.8) is 0 Å². The van der Waals surface area contributed by atoms with Crippen LogP contribution in [0.5, 0.6) is 23.0 Å². The number of fused-ring (bicyclic) bond motifs is 1. The molecule has 222 valence electrons. The van der Waals surface area contributed by atoms with Crippen molar-refractivity contribution in [1.29, 1.82) is 0 Å². The summed E-state index contributed by atoms with van der Waals surface area (Å²) < 4.78 is 22.0. The summed E-state index contributed by atoms with van der Waals surface area (Å²) in [6.45, 7) is 9.20. The molecule has 1 aliphatic rings. The van der Waals surface area contributed by atoms with Crippen LogP contribution in [-0.2, 0) is 22.4 Å².